The van der Waals surface area contributed by atoms with Gasteiger partial charge in [-0.1, -0.05) is 12.5 Å². The molecule has 2 rings (SSSR count). The smallest absolute Gasteiger partial charge is 0.331 e. The van der Waals surface area contributed by atoms with Crippen molar-refractivity contribution < 1.29 is 4.74 Å². The minimum atomic E-state index is -0.582. The maximum Gasteiger partial charge on any atom is 0.331 e. The topological polar surface area (TPSA) is 64.1 Å². The Bertz CT molecular complexity index is 576. The zero-order valence-corrected chi connectivity index (χ0v) is 8.47. The van der Waals surface area contributed by atoms with Gasteiger partial charge < -0.3 is 4.74 Å². The molecule has 16 heavy (non-hydrogen) atoms. The molecule has 1 saturated heterocycles. The van der Waals surface area contributed by atoms with Crippen LogP contribution in [0.15, 0.2) is 34.2 Å². The third-order valence-electron chi connectivity index (χ3n) is 2.42. The Labute approximate surface area is 91.4 Å². The molecule has 1 aromatic heterocycles. The summed E-state index contributed by atoms with van der Waals surface area (Å²) in [6, 6.07) is 1.25. The van der Waals surface area contributed by atoms with E-state index in [9.17, 15) is 9.59 Å². The molecular formula is C11H10N2O3. The largest absolute Gasteiger partial charge is 0.474 e. The second-order valence-corrected chi connectivity index (χ2v) is 3.54. The van der Waals surface area contributed by atoms with Crippen molar-refractivity contribution >= 4 is 0 Å². The van der Waals surface area contributed by atoms with Crippen LogP contribution in [0.2, 0.25) is 0 Å². The van der Waals surface area contributed by atoms with E-state index in [2.05, 4.69) is 17.5 Å². The predicted molar refractivity (Wildman–Crippen MR) is 57.5 cm³/mol. The standard InChI is InChI=1S/C11H10N2O3/c1-3-8-6-7(2)16-10(8)13-5-4-9(14)12-11(13)15/h1,4-5,8,10H,2,6H2,(H,12,14,15). The predicted octanol–water partition coefficient (Wildman–Crippen LogP) is 0.219. The molecule has 1 N–H and O–H groups in total. The molecule has 0 spiro atoms. The van der Waals surface area contributed by atoms with Crippen LogP contribution in [0.3, 0.4) is 0 Å². The first-order chi connectivity index (χ1) is 7.61. The molecular weight excluding hydrogens is 208 g/mol. The van der Waals surface area contributed by atoms with Crippen molar-refractivity contribution in [3.8, 4) is 12.3 Å². The Hall–Kier alpha value is -2.22. The number of hydrogen-bond acceptors (Lipinski definition) is 3. The van der Waals surface area contributed by atoms with Crippen LogP contribution < -0.4 is 11.2 Å². The van der Waals surface area contributed by atoms with Crippen LogP contribution in [0, 0.1) is 18.3 Å². The maximum atomic E-state index is 11.5. The monoisotopic (exact) mass is 218 g/mol. The van der Waals surface area contributed by atoms with Crippen molar-refractivity contribution in [1.29, 1.82) is 0 Å². The third kappa shape index (κ3) is 1.65. The number of aromatic nitrogens is 2. The number of aromatic amines is 1. The minimum Gasteiger partial charge on any atom is -0.474 e. The van der Waals surface area contributed by atoms with Gasteiger partial charge in [-0.15, -0.1) is 6.42 Å². The number of nitrogens with one attached hydrogen (secondary N) is 1. The van der Waals surface area contributed by atoms with Gasteiger partial charge >= 0.3 is 5.69 Å². The van der Waals surface area contributed by atoms with E-state index in [-0.39, 0.29) is 5.92 Å². The third-order valence-corrected chi connectivity index (χ3v) is 2.42. The summed E-state index contributed by atoms with van der Waals surface area (Å²) in [4.78, 5) is 24.6. The van der Waals surface area contributed by atoms with Crippen LogP contribution >= 0.6 is 0 Å². The molecule has 1 aliphatic heterocycles. The molecule has 5 heteroatoms. The molecule has 1 fully saturated rings. The van der Waals surface area contributed by atoms with Crippen molar-refractivity contribution in [3.63, 3.8) is 0 Å². The fourth-order valence-corrected chi connectivity index (χ4v) is 1.67. The highest BCUT2D eigenvalue weighted by Gasteiger charge is 2.32. The Morgan fingerprint density at radius 1 is 1.62 bits per heavy atom. The van der Waals surface area contributed by atoms with E-state index >= 15 is 0 Å². The molecule has 0 saturated carbocycles. The summed E-state index contributed by atoms with van der Waals surface area (Å²) in [6.45, 7) is 3.67. The summed E-state index contributed by atoms with van der Waals surface area (Å²) in [6.07, 6.45) is 6.65. The number of hydrogen-bond donors (Lipinski definition) is 1. The Morgan fingerprint density at radius 3 is 3.00 bits per heavy atom. The van der Waals surface area contributed by atoms with E-state index in [4.69, 9.17) is 11.2 Å². The van der Waals surface area contributed by atoms with E-state index in [1.54, 1.807) is 0 Å². The zero-order valence-electron chi connectivity index (χ0n) is 8.47. The fourth-order valence-electron chi connectivity index (χ4n) is 1.67. The number of ether oxygens (including phenoxy) is 1. The molecule has 2 unspecified atom stereocenters. The molecule has 5 nitrogen and oxygen atoms in total. The molecule has 0 aromatic carbocycles. The van der Waals surface area contributed by atoms with Crippen molar-refractivity contribution in [3.05, 3.63) is 45.4 Å². The summed E-state index contributed by atoms with van der Waals surface area (Å²) >= 11 is 0. The van der Waals surface area contributed by atoms with Crippen molar-refractivity contribution in [2.45, 2.75) is 12.6 Å². The number of H-pyrrole nitrogens is 1. The van der Waals surface area contributed by atoms with Crippen LogP contribution in [-0.4, -0.2) is 9.55 Å². The first kappa shape index (κ1) is 10.3. The van der Waals surface area contributed by atoms with Gasteiger partial charge in [0.25, 0.3) is 5.56 Å². The lowest BCUT2D eigenvalue weighted by atomic mass is 10.1. The van der Waals surface area contributed by atoms with E-state index in [0.717, 1.165) is 0 Å². The molecule has 0 aliphatic carbocycles. The zero-order chi connectivity index (χ0) is 11.7. The number of nitrogens with zero attached hydrogens (tertiary/aromatic N) is 1. The quantitative estimate of drug-likeness (QED) is 0.686. The van der Waals surface area contributed by atoms with Gasteiger partial charge in [-0.2, -0.15) is 0 Å². The lowest BCUT2D eigenvalue weighted by molar-refractivity contribution is 0.0765. The highest BCUT2D eigenvalue weighted by molar-refractivity contribution is 5.08. The summed E-state index contributed by atoms with van der Waals surface area (Å²) in [5.41, 5.74) is -0.984. The molecule has 1 aliphatic rings. The van der Waals surface area contributed by atoms with Crippen LogP contribution in [-0.2, 0) is 4.74 Å². The minimum absolute atomic E-state index is 0.240. The normalized spacial score (nSPS) is 23.8. The lowest BCUT2D eigenvalue weighted by Gasteiger charge is -2.16. The van der Waals surface area contributed by atoms with E-state index in [0.29, 0.717) is 12.2 Å². The summed E-state index contributed by atoms with van der Waals surface area (Å²) < 4.78 is 6.64. The summed E-state index contributed by atoms with van der Waals surface area (Å²) in [5.74, 6) is 2.85. The van der Waals surface area contributed by atoms with E-state index < -0.39 is 17.5 Å². The number of terminal acetylenes is 1. The highest BCUT2D eigenvalue weighted by atomic mass is 16.5. The molecule has 2 heterocycles. The summed E-state index contributed by atoms with van der Waals surface area (Å²) in [5, 5.41) is 0. The highest BCUT2D eigenvalue weighted by Crippen LogP contribution is 2.34. The summed E-state index contributed by atoms with van der Waals surface area (Å²) in [7, 11) is 0. The van der Waals surface area contributed by atoms with Crippen LogP contribution in [0.4, 0.5) is 0 Å². The SMILES string of the molecule is C#CC1CC(=C)OC1n1ccc(=O)[nH]c1=O. The van der Waals surface area contributed by atoms with Gasteiger partial charge in [-0.05, 0) is 0 Å². The Kier molecular flexibility index (Phi) is 2.41. The fraction of sp³-hybridized carbons (Fsp3) is 0.273. The molecule has 82 valence electrons. The van der Waals surface area contributed by atoms with Gasteiger partial charge in [0, 0.05) is 18.7 Å². The van der Waals surface area contributed by atoms with E-state index in [1.807, 2.05) is 0 Å². The van der Waals surface area contributed by atoms with Crippen molar-refractivity contribution in [2.24, 2.45) is 5.92 Å². The van der Waals surface area contributed by atoms with Crippen LogP contribution in [0.25, 0.3) is 0 Å². The first-order valence-corrected chi connectivity index (χ1v) is 4.74. The molecule has 0 radical (unpaired) electrons. The second-order valence-electron chi connectivity index (χ2n) is 3.54. The van der Waals surface area contributed by atoms with Crippen molar-refractivity contribution in [2.75, 3.05) is 0 Å². The van der Waals surface area contributed by atoms with Crippen molar-refractivity contribution in [1.82, 2.24) is 9.55 Å². The average molecular weight is 218 g/mol. The first-order valence-electron chi connectivity index (χ1n) is 4.74. The van der Waals surface area contributed by atoms with Gasteiger partial charge in [0.05, 0.1) is 11.7 Å². The maximum absolute atomic E-state index is 11.5. The molecule has 2 atom stereocenters. The average Bonchev–Trinajstić information content (AvgIpc) is 2.59. The van der Waals surface area contributed by atoms with Gasteiger partial charge in [0.1, 0.15) is 0 Å². The van der Waals surface area contributed by atoms with E-state index in [1.165, 1.54) is 16.8 Å². The van der Waals surface area contributed by atoms with Crippen LogP contribution in [0.5, 0.6) is 0 Å². The number of rotatable bonds is 1. The van der Waals surface area contributed by atoms with Gasteiger partial charge in [-0.3, -0.25) is 14.3 Å². The Morgan fingerprint density at radius 2 is 2.38 bits per heavy atom. The number of allylic oxidation sites excluding steroid dienone is 1. The molecule has 0 amide bonds. The Balaban J connectivity index is 2.45. The molecule has 1 aromatic rings. The second kappa shape index (κ2) is 3.74. The lowest BCUT2D eigenvalue weighted by Crippen LogP contribution is -2.33. The van der Waals surface area contributed by atoms with Crippen LogP contribution in [0.1, 0.15) is 12.6 Å². The van der Waals surface area contributed by atoms with Gasteiger partial charge in [0.2, 0.25) is 0 Å². The van der Waals surface area contributed by atoms with Gasteiger partial charge in [0.15, 0.2) is 6.23 Å². The van der Waals surface area contributed by atoms with Gasteiger partial charge in [-0.25, -0.2) is 4.79 Å². The molecule has 0 bridgehead atoms.